The fraction of sp³-hybridized carbons (Fsp3) is 0.381. The highest BCUT2D eigenvalue weighted by Crippen LogP contribution is 2.45. The van der Waals surface area contributed by atoms with E-state index in [1.54, 1.807) is 0 Å². The lowest BCUT2D eigenvalue weighted by atomic mass is 9.90. The highest BCUT2D eigenvalue weighted by Gasteiger charge is 2.41. The van der Waals surface area contributed by atoms with Crippen molar-refractivity contribution < 1.29 is 52.4 Å². The third kappa shape index (κ3) is 3.86. The van der Waals surface area contributed by atoms with Gasteiger partial charge in [-0.25, -0.2) is 0 Å². The third-order valence-corrected chi connectivity index (χ3v) is 5.70. The summed E-state index contributed by atoms with van der Waals surface area (Å²) in [4.78, 5) is 14.1. The molecule has 0 spiro atoms. The quantitative estimate of drug-likeness (QED) is 0.299. The molecule has 8 nitrogen and oxygen atoms in total. The van der Waals surface area contributed by atoms with Crippen molar-refractivity contribution in [1.82, 2.24) is 0 Å². The Morgan fingerprint density at radius 1 is 0.933 bits per heavy atom. The van der Waals surface area contributed by atoms with Gasteiger partial charge in [0, 0.05) is 6.07 Å². The monoisotopic (exact) mass is 437 g/mol. The largest absolute Gasteiger partial charge is 1.00 e. The number of phenolic OH excluding ortho intramolecular Hbond substituents is 4. The average molecular weight is 438 g/mol. The smallest absolute Gasteiger partial charge is 0.202 e. The van der Waals surface area contributed by atoms with Crippen LogP contribution in [0.2, 0.25) is 0 Å². The number of nitrogens with one attached hydrogen (secondary N) is 1. The standard InChI is InChI=1S/C21H23NO7.ClH/c23-13-5-4-11(8-15(13)25)20-19(28)18(27)17-16(26)9-14(24)12(21(17)29-20)10-22-6-2-1-3-7-22;/h4-5,8-9,19-20,23-26,28H,1-3,6-7,10H2;1H. The lowest BCUT2D eigenvalue weighted by molar-refractivity contribution is -0.918. The molecule has 0 saturated carbocycles. The van der Waals surface area contributed by atoms with Gasteiger partial charge >= 0.3 is 0 Å². The molecular weight excluding hydrogens is 414 g/mol. The van der Waals surface area contributed by atoms with E-state index in [9.17, 15) is 30.3 Å². The maximum absolute atomic E-state index is 12.8. The number of aromatic hydroxyl groups is 4. The minimum atomic E-state index is -1.61. The Labute approximate surface area is 179 Å². The van der Waals surface area contributed by atoms with Crippen LogP contribution in [0.3, 0.4) is 0 Å². The van der Waals surface area contributed by atoms with Gasteiger partial charge in [-0.15, -0.1) is 0 Å². The zero-order valence-corrected chi connectivity index (χ0v) is 16.9. The number of phenols is 4. The van der Waals surface area contributed by atoms with Crippen LogP contribution in [0.15, 0.2) is 24.3 Å². The van der Waals surface area contributed by atoms with E-state index < -0.39 is 29.5 Å². The van der Waals surface area contributed by atoms with E-state index >= 15 is 0 Å². The number of hydrogen-bond donors (Lipinski definition) is 6. The summed E-state index contributed by atoms with van der Waals surface area (Å²) < 4.78 is 5.93. The first kappa shape index (κ1) is 22.0. The van der Waals surface area contributed by atoms with E-state index in [1.165, 1.54) is 23.1 Å². The maximum atomic E-state index is 12.8. The topological polar surface area (TPSA) is 132 Å². The molecule has 0 bridgehead atoms. The number of fused-ring (bicyclic) bond motifs is 1. The minimum Gasteiger partial charge on any atom is -1.00 e. The summed E-state index contributed by atoms with van der Waals surface area (Å²) in [6.45, 7) is 2.28. The molecule has 1 saturated heterocycles. The van der Waals surface area contributed by atoms with Crippen molar-refractivity contribution >= 4 is 5.78 Å². The number of aliphatic hydroxyl groups is 1. The van der Waals surface area contributed by atoms with Gasteiger partial charge in [-0.3, -0.25) is 4.79 Å². The van der Waals surface area contributed by atoms with Crippen LogP contribution < -0.4 is 22.0 Å². The fourth-order valence-corrected chi connectivity index (χ4v) is 4.13. The highest BCUT2D eigenvalue weighted by atomic mass is 35.5. The van der Waals surface area contributed by atoms with Crippen molar-refractivity contribution in [3.63, 3.8) is 0 Å². The molecule has 30 heavy (non-hydrogen) atoms. The number of rotatable bonds is 3. The normalized spacial score (nSPS) is 21.4. The molecule has 2 aliphatic rings. The molecule has 2 atom stereocenters. The number of likely N-dealkylation sites (tertiary alicyclic amines) is 1. The number of ketones is 1. The van der Waals surface area contributed by atoms with E-state index in [4.69, 9.17) is 4.74 Å². The van der Waals surface area contributed by atoms with E-state index in [-0.39, 0.29) is 40.8 Å². The summed E-state index contributed by atoms with van der Waals surface area (Å²) in [5, 5.41) is 50.5. The Morgan fingerprint density at radius 2 is 1.63 bits per heavy atom. The zero-order valence-electron chi connectivity index (χ0n) is 16.1. The Kier molecular flexibility index (Phi) is 6.30. The van der Waals surface area contributed by atoms with Gasteiger partial charge in [-0.2, -0.15) is 0 Å². The number of hydrogen-bond acceptors (Lipinski definition) is 7. The number of ether oxygens (including phenoxy) is 1. The molecule has 2 unspecified atom stereocenters. The van der Waals surface area contributed by atoms with Gasteiger partial charge in [0.05, 0.1) is 18.7 Å². The molecule has 9 heteroatoms. The predicted molar refractivity (Wildman–Crippen MR) is 102 cm³/mol. The second-order valence-electron chi connectivity index (χ2n) is 7.68. The molecule has 4 rings (SSSR count). The number of quaternary nitrogens is 1. The molecular formula is C21H24ClNO7. The molecule has 0 aromatic heterocycles. The maximum Gasteiger partial charge on any atom is 0.202 e. The zero-order chi connectivity index (χ0) is 20.7. The second kappa shape index (κ2) is 8.59. The van der Waals surface area contributed by atoms with Crippen molar-refractivity contribution in [2.45, 2.75) is 38.0 Å². The van der Waals surface area contributed by atoms with Crippen LogP contribution in [-0.2, 0) is 6.54 Å². The van der Waals surface area contributed by atoms with Gasteiger partial charge in [0.25, 0.3) is 0 Å². The Hall–Kier alpha value is -2.68. The van der Waals surface area contributed by atoms with Gasteiger partial charge < -0.3 is 47.6 Å². The Morgan fingerprint density at radius 3 is 2.30 bits per heavy atom. The van der Waals surface area contributed by atoms with E-state index in [2.05, 4.69) is 0 Å². The van der Waals surface area contributed by atoms with Crippen LogP contribution in [0.25, 0.3) is 0 Å². The molecule has 2 aromatic carbocycles. The summed E-state index contributed by atoms with van der Waals surface area (Å²) in [5.74, 6) is -2.05. The Balaban J connectivity index is 0.00000256. The Bertz CT molecular complexity index is 959. The average Bonchev–Trinajstić information content (AvgIpc) is 2.70. The van der Waals surface area contributed by atoms with Gasteiger partial charge in [0.1, 0.15) is 29.4 Å². The summed E-state index contributed by atoms with van der Waals surface area (Å²) in [7, 11) is 0. The van der Waals surface area contributed by atoms with Crippen molar-refractivity contribution in [3.8, 4) is 28.7 Å². The third-order valence-electron chi connectivity index (χ3n) is 5.70. The van der Waals surface area contributed by atoms with Crippen LogP contribution in [0.4, 0.5) is 0 Å². The van der Waals surface area contributed by atoms with Crippen molar-refractivity contribution in [2.75, 3.05) is 13.1 Å². The first-order valence-electron chi connectivity index (χ1n) is 9.69. The number of Topliss-reactive ketones (excluding diaryl/α,β-unsaturated/α-hetero) is 1. The van der Waals surface area contributed by atoms with Crippen LogP contribution >= 0.6 is 0 Å². The lowest BCUT2D eigenvalue weighted by Gasteiger charge is -2.32. The van der Waals surface area contributed by atoms with Gasteiger partial charge in [-0.1, -0.05) is 6.07 Å². The molecule has 2 aromatic rings. The van der Waals surface area contributed by atoms with E-state index in [0.717, 1.165) is 38.4 Å². The number of aliphatic hydroxyl groups excluding tert-OH is 1. The number of carbonyl (C=O) groups is 1. The number of carbonyl (C=O) groups excluding carboxylic acids is 1. The second-order valence-corrected chi connectivity index (χ2v) is 7.68. The van der Waals surface area contributed by atoms with Gasteiger partial charge in [0.2, 0.25) is 5.78 Å². The van der Waals surface area contributed by atoms with Crippen molar-refractivity contribution in [2.24, 2.45) is 0 Å². The van der Waals surface area contributed by atoms with Crippen LogP contribution in [-0.4, -0.2) is 50.5 Å². The lowest BCUT2D eigenvalue weighted by Crippen LogP contribution is -3.11. The SMILES string of the molecule is O=C1c2c(O)cc(O)c(C[NH+]3CCCCC3)c2OC(c2ccc(O)c(O)c2)C1O.[Cl-]. The molecule has 0 radical (unpaired) electrons. The summed E-state index contributed by atoms with van der Waals surface area (Å²) >= 11 is 0. The van der Waals surface area contributed by atoms with Crippen LogP contribution in [0.1, 0.15) is 46.9 Å². The summed E-state index contributed by atoms with van der Waals surface area (Å²) in [5.41, 5.74) is 0.537. The summed E-state index contributed by atoms with van der Waals surface area (Å²) in [6.07, 6.45) is 0.542. The van der Waals surface area contributed by atoms with Crippen molar-refractivity contribution in [1.29, 1.82) is 0 Å². The first-order valence-corrected chi connectivity index (χ1v) is 9.69. The molecule has 6 N–H and O–H groups in total. The summed E-state index contributed by atoms with van der Waals surface area (Å²) in [6, 6.07) is 4.98. The molecule has 2 aliphatic heterocycles. The number of piperidine rings is 1. The van der Waals surface area contributed by atoms with Gasteiger partial charge in [0.15, 0.2) is 23.7 Å². The molecule has 0 amide bonds. The fourth-order valence-electron chi connectivity index (χ4n) is 4.13. The van der Waals surface area contributed by atoms with Crippen LogP contribution in [0.5, 0.6) is 28.7 Å². The highest BCUT2D eigenvalue weighted by molar-refractivity contribution is 6.06. The van der Waals surface area contributed by atoms with Crippen LogP contribution in [0, 0.1) is 0 Å². The van der Waals surface area contributed by atoms with E-state index in [0.29, 0.717) is 12.1 Å². The molecule has 2 heterocycles. The molecule has 1 fully saturated rings. The molecule has 0 aliphatic carbocycles. The van der Waals surface area contributed by atoms with Gasteiger partial charge in [-0.05, 0) is 37.0 Å². The van der Waals surface area contributed by atoms with Crippen molar-refractivity contribution in [3.05, 3.63) is 41.0 Å². The number of halogens is 1. The molecule has 162 valence electrons. The predicted octanol–water partition coefficient (Wildman–Crippen LogP) is -2.24. The number of benzene rings is 2. The first-order chi connectivity index (χ1) is 13.9. The minimum absolute atomic E-state index is 0. The van der Waals surface area contributed by atoms with E-state index in [1.807, 2.05) is 0 Å².